The van der Waals surface area contributed by atoms with E-state index in [4.69, 9.17) is 9.72 Å². The minimum absolute atomic E-state index is 0.141. The fraction of sp³-hybridized carbons (Fsp3) is 0.355. The Kier molecular flexibility index (Phi) is 5.90. The summed E-state index contributed by atoms with van der Waals surface area (Å²) in [6, 6.07) is 16.6. The number of esters is 1. The van der Waals surface area contributed by atoms with Crippen molar-refractivity contribution in [1.82, 2.24) is 14.1 Å². The van der Waals surface area contributed by atoms with Crippen LogP contribution in [0.5, 0.6) is 0 Å². The molecule has 6 rings (SSSR count). The van der Waals surface area contributed by atoms with Gasteiger partial charge in [-0.3, -0.25) is 0 Å². The zero-order chi connectivity index (χ0) is 25.6. The molecule has 0 radical (unpaired) electrons. The van der Waals surface area contributed by atoms with Crippen LogP contribution < -0.4 is 5.32 Å². The average molecular weight is 495 g/mol. The monoisotopic (exact) mass is 494 g/mol. The van der Waals surface area contributed by atoms with Gasteiger partial charge in [-0.05, 0) is 94.0 Å². The van der Waals surface area contributed by atoms with Crippen molar-refractivity contribution >= 4 is 22.7 Å². The number of aromatic nitrogens is 3. The molecule has 2 aromatic heterocycles. The third kappa shape index (κ3) is 4.05. The highest BCUT2D eigenvalue weighted by molar-refractivity contribution is 5.94. The van der Waals surface area contributed by atoms with Crippen LogP contribution in [0.25, 0.3) is 28.1 Å². The van der Waals surface area contributed by atoms with Gasteiger partial charge in [-0.15, -0.1) is 0 Å². The first-order chi connectivity index (χ1) is 18.0. The number of hydrogen-bond acceptors (Lipinski definition) is 4. The van der Waals surface area contributed by atoms with Crippen molar-refractivity contribution in [3.63, 3.8) is 0 Å². The van der Waals surface area contributed by atoms with E-state index in [1.54, 1.807) is 0 Å². The molecule has 190 valence electrons. The number of ether oxygens (including phenoxy) is 1. The number of nitrogens with zero attached hydrogens (tertiary/aromatic N) is 3. The van der Waals surface area contributed by atoms with Gasteiger partial charge in [-0.2, -0.15) is 0 Å². The number of aryl methyl sites for hydroxylation is 1. The zero-order valence-electron chi connectivity index (χ0n) is 21.9. The number of imidazole rings is 1. The number of nitrogens with one attached hydrogen (secondary N) is 1. The number of carbonyl (C=O) groups excluding carboxylic acids is 1. The van der Waals surface area contributed by atoms with Gasteiger partial charge in [0.05, 0.1) is 40.6 Å². The van der Waals surface area contributed by atoms with Crippen LogP contribution in [0.1, 0.15) is 68.4 Å². The topological polar surface area (TPSA) is 61.1 Å². The number of hydrogen-bond donors (Lipinski definition) is 1. The molecule has 1 unspecified atom stereocenters. The van der Waals surface area contributed by atoms with Crippen LogP contribution >= 0.6 is 0 Å². The third-order valence-corrected chi connectivity index (χ3v) is 8.16. The van der Waals surface area contributed by atoms with E-state index in [-0.39, 0.29) is 11.5 Å². The van der Waals surface area contributed by atoms with E-state index in [0.29, 0.717) is 5.56 Å². The van der Waals surface area contributed by atoms with Crippen LogP contribution in [0.3, 0.4) is 0 Å². The maximum atomic E-state index is 12.2. The highest BCUT2D eigenvalue weighted by Crippen LogP contribution is 2.41. The number of benzene rings is 2. The molecule has 2 aromatic carbocycles. The Labute approximate surface area is 218 Å². The standard InChI is InChI=1S/C31H34N4O2/c1-4-31(2)28-11-8-17-34(28)27-14-12-22(19-25(27)33-31)29-32-24-20-23(30(36)37-3)13-15-26(24)35(29)18-16-21-9-6-5-7-10-21/h8-9,11-15,17,19-20,33H,4-7,10,16,18H2,1-3H3. The summed E-state index contributed by atoms with van der Waals surface area (Å²) in [6.45, 7) is 5.33. The molecule has 0 bridgehead atoms. The van der Waals surface area contributed by atoms with Gasteiger partial charge in [-0.1, -0.05) is 18.6 Å². The van der Waals surface area contributed by atoms with Crippen molar-refractivity contribution in [1.29, 1.82) is 0 Å². The van der Waals surface area contributed by atoms with Crippen LogP contribution in [-0.4, -0.2) is 27.2 Å². The first-order valence-corrected chi connectivity index (χ1v) is 13.4. The lowest BCUT2D eigenvalue weighted by Crippen LogP contribution is -2.37. The number of rotatable bonds is 6. The molecule has 0 spiro atoms. The van der Waals surface area contributed by atoms with E-state index in [2.05, 4.69) is 70.9 Å². The molecule has 1 aliphatic carbocycles. The SMILES string of the molecule is CCC1(C)Nc2cc(-c3nc4cc(C(=O)OC)ccc4n3CCC3=CCCCC3)ccc2-n2cccc21. The molecule has 0 amide bonds. The van der Waals surface area contributed by atoms with Crippen molar-refractivity contribution < 1.29 is 9.53 Å². The second kappa shape index (κ2) is 9.25. The van der Waals surface area contributed by atoms with Gasteiger partial charge in [0.1, 0.15) is 5.82 Å². The van der Waals surface area contributed by atoms with Crippen LogP contribution in [0.4, 0.5) is 5.69 Å². The molecule has 2 aliphatic rings. The minimum Gasteiger partial charge on any atom is -0.465 e. The maximum Gasteiger partial charge on any atom is 0.337 e. The van der Waals surface area contributed by atoms with Crippen molar-refractivity contribution in [2.45, 2.75) is 64.5 Å². The molecule has 4 aromatic rings. The van der Waals surface area contributed by atoms with Crippen LogP contribution in [-0.2, 0) is 16.8 Å². The molecule has 1 aliphatic heterocycles. The zero-order valence-corrected chi connectivity index (χ0v) is 21.9. The molecular weight excluding hydrogens is 460 g/mol. The van der Waals surface area contributed by atoms with Gasteiger partial charge in [0, 0.05) is 24.0 Å². The van der Waals surface area contributed by atoms with Gasteiger partial charge in [0.15, 0.2) is 0 Å². The molecule has 0 fully saturated rings. The molecule has 3 heterocycles. The lowest BCUT2D eigenvalue weighted by molar-refractivity contribution is 0.0601. The van der Waals surface area contributed by atoms with E-state index in [1.807, 2.05) is 18.2 Å². The normalized spacial score (nSPS) is 18.6. The first-order valence-electron chi connectivity index (χ1n) is 13.4. The molecule has 6 nitrogen and oxygen atoms in total. The van der Waals surface area contributed by atoms with Gasteiger partial charge in [0.25, 0.3) is 0 Å². The van der Waals surface area contributed by atoms with Crippen LogP contribution in [0.2, 0.25) is 0 Å². The largest absolute Gasteiger partial charge is 0.465 e. The fourth-order valence-electron chi connectivity index (χ4n) is 5.87. The lowest BCUT2D eigenvalue weighted by Gasteiger charge is -2.38. The Hall–Kier alpha value is -3.80. The van der Waals surface area contributed by atoms with Gasteiger partial charge in [-0.25, -0.2) is 9.78 Å². The third-order valence-electron chi connectivity index (χ3n) is 8.16. The molecule has 1 atom stereocenters. The molecule has 1 N–H and O–H groups in total. The summed E-state index contributed by atoms with van der Waals surface area (Å²) in [5.41, 5.74) is 8.36. The number of methoxy groups -OCH3 is 1. The van der Waals surface area contributed by atoms with E-state index in [9.17, 15) is 4.79 Å². The van der Waals surface area contributed by atoms with Crippen molar-refractivity contribution in [2.75, 3.05) is 12.4 Å². The van der Waals surface area contributed by atoms with Crippen molar-refractivity contribution in [3.05, 3.63) is 77.6 Å². The van der Waals surface area contributed by atoms with Crippen LogP contribution in [0.15, 0.2) is 66.4 Å². The Morgan fingerprint density at radius 2 is 2.05 bits per heavy atom. The Morgan fingerprint density at radius 1 is 1.16 bits per heavy atom. The Morgan fingerprint density at radius 3 is 2.84 bits per heavy atom. The van der Waals surface area contributed by atoms with Crippen molar-refractivity contribution in [3.8, 4) is 17.1 Å². The Balaban J connectivity index is 1.45. The summed E-state index contributed by atoms with van der Waals surface area (Å²) in [5, 5.41) is 3.82. The first kappa shape index (κ1) is 23.6. The van der Waals surface area contributed by atoms with Gasteiger partial charge >= 0.3 is 5.97 Å². The second-order valence-corrected chi connectivity index (χ2v) is 10.4. The maximum absolute atomic E-state index is 12.2. The number of carbonyl (C=O) groups is 1. The summed E-state index contributed by atoms with van der Waals surface area (Å²) in [4.78, 5) is 17.3. The minimum atomic E-state index is -0.343. The summed E-state index contributed by atoms with van der Waals surface area (Å²) in [7, 11) is 1.41. The quantitative estimate of drug-likeness (QED) is 0.227. The summed E-state index contributed by atoms with van der Waals surface area (Å²) in [6.07, 6.45) is 11.5. The van der Waals surface area contributed by atoms with Gasteiger partial charge < -0.3 is 19.2 Å². The highest BCUT2D eigenvalue weighted by Gasteiger charge is 2.33. The van der Waals surface area contributed by atoms with E-state index >= 15 is 0 Å². The molecule has 6 heteroatoms. The second-order valence-electron chi connectivity index (χ2n) is 10.4. The molecular formula is C31H34N4O2. The number of fused-ring (bicyclic) bond motifs is 4. The predicted molar refractivity (Wildman–Crippen MR) is 148 cm³/mol. The van der Waals surface area contributed by atoms with Crippen molar-refractivity contribution in [2.24, 2.45) is 0 Å². The molecule has 37 heavy (non-hydrogen) atoms. The predicted octanol–water partition coefficient (Wildman–Crippen LogP) is 7.22. The molecule has 0 saturated heterocycles. The van der Waals surface area contributed by atoms with Crippen LogP contribution in [0, 0.1) is 0 Å². The van der Waals surface area contributed by atoms with E-state index < -0.39 is 0 Å². The average Bonchev–Trinajstić information content (AvgIpc) is 3.57. The summed E-state index contributed by atoms with van der Waals surface area (Å²) in [5.74, 6) is 0.583. The smallest absolute Gasteiger partial charge is 0.337 e. The number of allylic oxidation sites excluding steroid dienone is 2. The van der Waals surface area contributed by atoms with E-state index in [0.717, 1.165) is 53.2 Å². The molecule has 0 saturated carbocycles. The Bertz CT molecular complexity index is 1530. The van der Waals surface area contributed by atoms with Gasteiger partial charge in [0.2, 0.25) is 0 Å². The fourth-order valence-corrected chi connectivity index (χ4v) is 5.87. The summed E-state index contributed by atoms with van der Waals surface area (Å²) < 4.78 is 9.56. The summed E-state index contributed by atoms with van der Waals surface area (Å²) >= 11 is 0. The van der Waals surface area contributed by atoms with E-state index in [1.165, 1.54) is 44.1 Å². The lowest BCUT2D eigenvalue weighted by atomic mass is 9.91. The highest BCUT2D eigenvalue weighted by atomic mass is 16.5. The number of anilines is 1.